The molecule has 0 aromatic carbocycles. The first-order chi connectivity index (χ1) is 13.5. The maximum absolute atomic E-state index is 5.99. The second kappa shape index (κ2) is 20.6. The topological polar surface area (TPSA) is 18.5 Å². The van der Waals surface area contributed by atoms with Crippen molar-refractivity contribution in [2.45, 2.75) is 71.5 Å². The molecule has 0 aromatic rings. The first-order valence-corrected chi connectivity index (χ1v) is 15.2. The average molecular weight is 460 g/mol. The third-order valence-corrected chi connectivity index (χ3v) is 5.70. The zero-order valence-electron chi connectivity index (χ0n) is 17.7. The zero-order valence-corrected chi connectivity index (χ0v) is 22.1. The third-order valence-electron chi connectivity index (χ3n) is 4.14. The number of hydrogen-bond acceptors (Lipinski definition) is 2. The van der Waals surface area contributed by atoms with Gasteiger partial charge in [-0.05, 0) is 12.8 Å². The predicted octanol–water partition coefficient (Wildman–Crippen LogP) is 8.32. The number of unbranched alkanes of at least 4 members (excludes halogenated alkanes) is 3. The highest BCUT2D eigenvalue weighted by Crippen LogP contribution is 2.55. The minimum atomic E-state index is -0.531. The van der Waals surface area contributed by atoms with Gasteiger partial charge in [0.25, 0.3) is 0 Å². The lowest BCUT2D eigenvalue weighted by atomic mass is 10.0. The molecule has 0 N–H and O–H groups in total. The van der Waals surface area contributed by atoms with Gasteiger partial charge in [-0.1, -0.05) is 125 Å². The Morgan fingerprint density at radius 3 is 2.07 bits per heavy atom. The molecule has 0 fully saturated rings. The maximum Gasteiger partial charge on any atom is 0.0867 e. The Kier molecular flexibility index (Phi) is 20.9. The molecular weight excluding hydrogens is 420 g/mol. The molecule has 0 saturated carbocycles. The van der Waals surface area contributed by atoms with Crippen molar-refractivity contribution in [1.29, 1.82) is 0 Å². The fourth-order valence-corrected chi connectivity index (χ4v) is 4.11. The van der Waals surface area contributed by atoms with Gasteiger partial charge in [-0.25, -0.2) is 0 Å². The van der Waals surface area contributed by atoms with Gasteiger partial charge in [-0.3, -0.25) is 0 Å². The van der Waals surface area contributed by atoms with E-state index in [2.05, 4.69) is 90.6 Å². The number of allylic oxidation sites excluding steroid dienone is 7. The molecule has 0 saturated heterocycles. The first-order valence-electron chi connectivity index (χ1n) is 10.2. The van der Waals surface area contributed by atoms with Crippen LogP contribution in [-0.4, -0.2) is 12.2 Å². The third kappa shape index (κ3) is 17.2. The van der Waals surface area contributed by atoms with Crippen LogP contribution in [0.4, 0.5) is 0 Å². The number of hydrogen-bond donors (Lipinski definition) is 0. The maximum atomic E-state index is 5.99. The molecule has 0 aliphatic carbocycles. The molecule has 0 amide bonds. The quantitative estimate of drug-likeness (QED) is 0.0998. The summed E-state index contributed by atoms with van der Waals surface area (Å²) < 4.78 is 11.4. The highest BCUT2D eigenvalue weighted by atomic mass is 32.4. The number of rotatable bonds is 16. The Bertz CT molecular complexity index is 499. The second-order valence-corrected chi connectivity index (χ2v) is 12.7. The average Bonchev–Trinajstić information content (AvgIpc) is 2.68. The van der Waals surface area contributed by atoms with Crippen molar-refractivity contribution in [2.24, 2.45) is 5.92 Å². The van der Waals surface area contributed by atoms with Crippen molar-refractivity contribution in [3.63, 3.8) is 0 Å². The highest BCUT2D eigenvalue weighted by molar-refractivity contribution is 8.41. The Labute approximate surface area is 182 Å². The summed E-state index contributed by atoms with van der Waals surface area (Å²) in [5.74, 6) is 0.329. The van der Waals surface area contributed by atoms with Gasteiger partial charge in [0.05, 0.1) is 19.7 Å². The fourth-order valence-electron chi connectivity index (χ4n) is 2.49. The van der Waals surface area contributed by atoms with Crippen molar-refractivity contribution in [1.82, 2.24) is 0 Å². The molecule has 0 heterocycles. The lowest BCUT2D eigenvalue weighted by molar-refractivity contribution is 0.245. The van der Waals surface area contributed by atoms with Crippen LogP contribution < -0.4 is 0 Å². The van der Waals surface area contributed by atoms with E-state index in [4.69, 9.17) is 9.05 Å². The molecule has 0 bridgehead atoms. The molecule has 0 aliphatic rings. The molecule has 6 unspecified atom stereocenters. The van der Waals surface area contributed by atoms with E-state index in [0.29, 0.717) is 5.92 Å². The Balaban J connectivity index is 4.35. The van der Waals surface area contributed by atoms with Crippen LogP contribution in [-0.2, 0) is 9.05 Å². The summed E-state index contributed by atoms with van der Waals surface area (Å²) in [6.07, 6.45) is 28.5. The molecule has 0 spiro atoms. The van der Waals surface area contributed by atoms with Gasteiger partial charge in [-0.2, -0.15) is 0 Å². The molecule has 6 heteroatoms. The normalized spacial score (nSPS) is 16.5. The van der Waals surface area contributed by atoms with Gasteiger partial charge in [0.2, 0.25) is 0 Å². The van der Waals surface area contributed by atoms with E-state index >= 15 is 0 Å². The summed E-state index contributed by atoms with van der Waals surface area (Å²) >= 11 is 0. The van der Waals surface area contributed by atoms with E-state index in [-0.39, 0.29) is 12.2 Å². The van der Waals surface area contributed by atoms with Crippen LogP contribution in [0, 0.1) is 5.92 Å². The van der Waals surface area contributed by atoms with Crippen LogP contribution in [0.15, 0.2) is 60.8 Å². The Morgan fingerprint density at radius 2 is 1.50 bits per heavy atom. The van der Waals surface area contributed by atoms with Crippen LogP contribution in [0.5, 0.6) is 0 Å². The molecule has 0 rings (SSSR count). The van der Waals surface area contributed by atoms with E-state index in [0.717, 1.165) is 12.8 Å². The molecule has 6 atom stereocenters. The van der Waals surface area contributed by atoms with E-state index in [1.165, 1.54) is 25.7 Å². The summed E-state index contributed by atoms with van der Waals surface area (Å²) in [7, 11) is 7.30. The van der Waals surface area contributed by atoms with Crippen LogP contribution in [0.3, 0.4) is 0 Å². The van der Waals surface area contributed by atoms with Crippen molar-refractivity contribution in [3.8, 4) is 0 Å². The molecule has 28 heavy (non-hydrogen) atoms. The minimum absolute atomic E-state index is 0.116. The van der Waals surface area contributed by atoms with Crippen molar-refractivity contribution in [2.75, 3.05) is 0 Å². The van der Waals surface area contributed by atoms with Gasteiger partial charge < -0.3 is 9.05 Å². The van der Waals surface area contributed by atoms with Crippen LogP contribution in [0.25, 0.3) is 0 Å². The monoisotopic (exact) mass is 460 g/mol. The van der Waals surface area contributed by atoms with Gasteiger partial charge >= 0.3 is 0 Å². The SMILES string of the molecule is CCC=CC(OP(P)P)C(C)C=CC=CC=CC=CC(CCCCCC)OP. The van der Waals surface area contributed by atoms with Gasteiger partial charge in [0.1, 0.15) is 0 Å². The molecule has 0 aliphatic heterocycles. The predicted molar refractivity (Wildman–Crippen MR) is 140 cm³/mol. The summed E-state index contributed by atoms with van der Waals surface area (Å²) in [6, 6.07) is 0. The van der Waals surface area contributed by atoms with E-state index < -0.39 is 7.53 Å². The summed E-state index contributed by atoms with van der Waals surface area (Å²) in [4.78, 5) is 0. The standard InChI is InChI=1S/C22H40O2P4/c1-4-6-8-14-17-21(23-25)18-15-12-10-9-11-13-16-20(3)22(19-7-5-2)24-28(26)27/h7,9-13,15-16,18-22H,4-6,8,14,17,25-27H2,1-3H3. The van der Waals surface area contributed by atoms with Gasteiger partial charge in [0.15, 0.2) is 0 Å². The molecule has 160 valence electrons. The summed E-state index contributed by atoms with van der Waals surface area (Å²) in [5, 5.41) is 0. The molecule has 0 radical (unpaired) electrons. The van der Waals surface area contributed by atoms with E-state index in [1.54, 1.807) is 0 Å². The van der Waals surface area contributed by atoms with Crippen LogP contribution >= 0.6 is 34.8 Å². The highest BCUT2D eigenvalue weighted by Gasteiger charge is 2.13. The molecule has 0 aromatic heterocycles. The minimum Gasteiger partial charge on any atom is -0.358 e. The second-order valence-electron chi connectivity index (χ2n) is 6.69. The van der Waals surface area contributed by atoms with Crippen molar-refractivity contribution in [3.05, 3.63) is 60.8 Å². The largest absolute Gasteiger partial charge is 0.358 e. The fraction of sp³-hybridized carbons (Fsp3) is 0.545. The van der Waals surface area contributed by atoms with E-state index in [9.17, 15) is 0 Å². The van der Waals surface area contributed by atoms with Crippen molar-refractivity contribution < 1.29 is 9.05 Å². The summed E-state index contributed by atoms with van der Waals surface area (Å²) in [5.41, 5.74) is 0. The van der Waals surface area contributed by atoms with Crippen LogP contribution in [0.1, 0.15) is 59.3 Å². The van der Waals surface area contributed by atoms with Gasteiger partial charge in [0, 0.05) is 15.4 Å². The molecular formula is C22H40O2P4. The van der Waals surface area contributed by atoms with Gasteiger partial charge in [-0.15, -0.1) is 0 Å². The smallest absolute Gasteiger partial charge is 0.0867 e. The first kappa shape index (κ1) is 28.3. The van der Waals surface area contributed by atoms with Crippen LogP contribution in [0.2, 0.25) is 0 Å². The Morgan fingerprint density at radius 1 is 0.857 bits per heavy atom. The summed E-state index contributed by atoms with van der Waals surface area (Å²) in [6.45, 7) is 6.56. The molecule has 2 nitrogen and oxygen atoms in total. The lowest BCUT2D eigenvalue weighted by Crippen LogP contribution is -2.14. The lowest BCUT2D eigenvalue weighted by Gasteiger charge is -2.20. The Hall–Kier alpha value is 0.340. The van der Waals surface area contributed by atoms with E-state index in [1.807, 2.05) is 18.2 Å². The van der Waals surface area contributed by atoms with Crippen molar-refractivity contribution >= 4 is 34.8 Å². The zero-order chi connectivity index (χ0) is 21.0.